The van der Waals surface area contributed by atoms with Crippen molar-refractivity contribution in [2.24, 2.45) is 52.3 Å². The van der Waals surface area contributed by atoms with E-state index in [1.165, 1.54) is 5.57 Å². The van der Waals surface area contributed by atoms with Crippen molar-refractivity contribution in [1.29, 1.82) is 0 Å². The lowest BCUT2D eigenvalue weighted by atomic mass is 9.47. The number of aliphatic hydroxyl groups excluding tert-OH is 5. The Morgan fingerprint density at radius 3 is 2.25 bits per heavy atom. The summed E-state index contributed by atoms with van der Waals surface area (Å²) in [6.45, 7) is 13.1. The summed E-state index contributed by atoms with van der Waals surface area (Å²) in [5.74, 6) is 0.0835. The zero-order valence-corrected chi connectivity index (χ0v) is 33.8. The second kappa shape index (κ2) is 15.6. The van der Waals surface area contributed by atoms with Crippen LogP contribution in [-0.4, -0.2) is 136 Å². The number of aliphatic hydroxyl groups is 5. The quantitative estimate of drug-likeness (QED) is 0.0680. The number of hydrogen-bond acceptors (Lipinski definition) is 14. The Morgan fingerprint density at radius 2 is 1.59 bits per heavy atom. The number of hydrogen-bond donors (Lipinski definition) is 7. The molecule has 0 amide bonds. The van der Waals surface area contributed by atoms with Gasteiger partial charge in [0.25, 0.3) is 0 Å². The maximum atomic E-state index is 12.4. The van der Waals surface area contributed by atoms with Crippen molar-refractivity contribution in [3.8, 4) is 0 Å². The molecule has 56 heavy (non-hydrogen) atoms. The van der Waals surface area contributed by atoms with Crippen LogP contribution in [-0.2, 0) is 43.1 Å². The zero-order valence-electron chi connectivity index (χ0n) is 33.0. The Labute approximate surface area is 328 Å². The zero-order chi connectivity index (χ0) is 40.8. The molecule has 21 atom stereocenters. The number of ether oxygens (including phenoxy) is 5. The average molecular weight is 819 g/mol. The normalized spacial score (nSPS) is 50.3. The summed E-state index contributed by atoms with van der Waals surface area (Å²) in [4.78, 5) is 12.0. The smallest absolute Gasteiger partial charge is 0.397 e. The van der Waals surface area contributed by atoms with Crippen LogP contribution in [0.4, 0.5) is 0 Å². The topological polar surface area (TPSA) is 251 Å². The van der Waals surface area contributed by atoms with Gasteiger partial charge in [-0.05, 0) is 97.2 Å². The summed E-state index contributed by atoms with van der Waals surface area (Å²) >= 11 is 0. The first-order valence-corrected chi connectivity index (χ1v) is 21.8. The van der Waals surface area contributed by atoms with Crippen LogP contribution in [0.15, 0.2) is 11.6 Å². The molecule has 0 aromatic heterocycles. The predicted octanol–water partition coefficient (Wildman–Crippen LogP) is 1.80. The molecule has 0 bridgehead atoms. The Hall–Kier alpha value is -1.32. The van der Waals surface area contributed by atoms with Crippen molar-refractivity contribution < 1.29 is 76.3 Å². The summed E-state index contributed by atoms with van der Waals surface area (Å²) in [7, 11) is -4.86. The number of rotatable bonds is 11. The molecule has 0 unspecified atom stereocenters. The summed E-state index contributed by atoms with van der Waals surface area (Å²) in [6.07, 6.45) is -9.71. The molecule has 16 nitrogen and oxygen atoms in total. The molecule has 7 N–H and O–H groups in total. The second-order valence-electron chi connectivity index (χ2n) is 18.7. The van der Waals surface area contributed by atoms with Crippen LogP contribution in [0, 0.1) is 52.3 Å². The van der Waals surface area contributed by atoms with Gasteiger partial charge in [-0.25, -0.2) is 8.98 Å². The third kappa shape index (κ3) is 7.64. The van der Waals surface area contributed by atoms with E-state index < -0.39 is 102 Å². The van der Waals surface area contributed by atoms with Gasteiger partial charge in [0.15, 0.2) is 18.7 Å². The Morgan fingerprint density at radius 1 is 0.875 bits per heavy atom. The molecule has 0 spiro atoms. The molecular weight excluding hydrogens is 756 g/mol. The third-order valence-electron chi connectivity index (χ3n) is 15.4. The third-order valence-corrected chi connectivity index (χ3v) is 15.9. The highest BCUT2D eigenvalue weighted by Gasteiger charge is 2.63. The molecule has 0 radical (unpaired) electrons. The van der Waals surface area contributed by atoms with Gasteiger partial charge in [-0.2, -0.15) is 8.42 Å². The van der Waals surface area contributed by atoms with Crippen LogP contribution in [0.5, 0.6) is 0 Å². The maximum absolute atomic E-state index is 12.4. The summed E-state index contributed by atoms with van der Waals surface area (Å²) in [5.41, 5.74) is 0.713. The highest BCUT2D eigenvalue weighted by molar-refractivity contribution is 7.80. The number of carbonyl (C=O) groups is 1. The minimum absolute atomic E-state index is 0.0273. The fourth-order valence-corrected chi connectivity index (χ4v) is 12.4. The van der Waals surface area contributed by atoms with E-state index in [9.17, 15) is 48.4 Å². The highest BCUT2D eigenvalue weighted by atomic mass is 32.3. The lowest BCUT2D eigenvalue weighted by Gasteiger charge is -2.59. The van der Waals surface area contributed by atoms with Gasteiger partial charge in [-0.1, -0.05) is 53.2 Å². The number of epoxide rings is 1. The molecule has 0 aromatic carbocycles. The van der Waals surface area contributed by atoms with Gasteiger partial charge in [0.05, 0.1) is 31.0 Å². The van der Waals surface area contributed by atoms with Gasteiger partial charge in [-0.15, -0.1) is 0 Å². The molecular formula is C39H62O16S. The molecule has 320 valence electrons. The largest absolute Gasteiger partial charge is 0.479 e. The van der Waals surface area contributed by atoms with Crippen molar-refractivity contribution in [3.05, 3.63) is 11.6 Å². The number of carboxylic acids is 1. The number of aliphatic carboxylic acids is 1. The van der Waals surface area contributed by atoms with E-state index >= 15 is 0 Å². The molecule has 7 aliphatic rings. The molecule has 3 saturated carbocycles. The van der Waals surface area contributed by atoms with E-state index in [0.29, 0.717) is 42.9 Å². The molecule has 3 aliphatic heterocycles. The first kappa shape index (κ1) is 42.8. The van der Waals surface area contributed by atoms with Crippen LogP contribution in [0.2, 0.25) is 0 Å². The molecule has 6 fully saturated rings. The minimum atomic E-state index is -4.86. The van der Waals surface area contributed by atoms with E-state index in [-0.39, 0.29) is 35.9 Å². The van der Waals surface area contributed by atoms with Crippen molar-refractivity contribution >= 4 is 16.4 Å². The predicted molar refractivity (Wildman–Crippen MR) is 195 cm³/mol. The standard InChI is InChI=1S/C39H62O16S/c1-16(2)17(3)31-32(52-31)18(4)21-7-8-22-20-14-26(55-56(47,48)49)24-13-19(9-11-39(24,6)23(20)10-12-38(21,22)5)51-37-34(29(43)28(42)33(53-37)35(45)46)54-36-30(44)27(41)25(40)15-50-36/h10,16-22,24-34,36-37,40-44H,7-9,11-15H2,1-6H3,(H,45,46)(H,47,48,49)/t17-,18-,19+,20+,21+,22-,24-,25+,26+,27-,28+,29+,30+,31-,32-,33+,34-,36-,37-,38-,39-/m1/s1. The molecule has 0 aromatic rings. The molecule has 3 heterocycles. The maximum Gasteiger partial charge on any atom is 0.397 e. The molecule has 3 saturated heterocycles. The van der Waals surface area contributed by atoms with E-state index in [1.54, 1.807) is 0 Å². The summed E-state index contributed by atoms with van der Waals surface area (Å²) in [5, 5.41) is 62.2. The minimum Gasteiger partial charge on any atom is -0.479 e. The molecule has 17 heteroatoms. The van der Waals surface area contributed by atoms with Crippen molar-refractivity contribution in [3.63, 3.8) is 0 Å². The fraction of sp³-hybridized carbons (Fsp3) is 0.923. The van der Waals surface area contributed by atoms with Crippen LogP contribution < -0.4 is 0 Å². The van der Waals surface area contributed by atoms with Gasteiger partial charge in [0.2, 0.25) is 0 Å². The Balaban J connectivity index is 1.12. The monoisotopic (exact) mass is 818 g/mol. The van der Waals surface area contributed by atoms with Crippen molar-refractivity contribution in [1.82, 2.24) is 0 Å². The Kier molecular flexibility index (Phi) is 11.9. The number of fused-ring (bicyclic) bond motifs is 5. The van der Waals surface area contributed by atoms with Crippen LogP contribution in [0.3, 0.4) is 0 Å². The lowest BCUT2D eigenvalue weighted by Crippen LogP contribution is -2.64. The number of carboxylic acid groups (broad SMARTS) is 1. The van der Waals surface area contributed by atoms with Gasteiger partial charge in [0, 0.05) is 0 Å². The van der Waals surface area contributed by atoms with Gasteiger partial charge in [-0.3, -0.25) is 4.55 Å². The van der Waals surface area contributed by atoms with E-state index in [2.05, 4.69) is 47.6 Å². The highest BCUT2D eigenvalue weighted by Crippen LogP contribution is 2.67. The van der Waals surface area contributed by atoms with Crippen molar-refractivity contribution in [2.45, 2.75) is 166 Å². The van der Waals surface area contributed by atoms with Gasteiger partial charge >= 0.3 is 16.4 Å². The fourth-order valence-electron chi connectivity index (χ4n) is 11.9. The lowest BCUT2D eigenvalue weighted by molar-refractivity contribution is -0.359. The summed E-state index contributed by atoms with van der Waals surface area (Å²) in [6, 6.07) is 0. The second-order valence-corrected chi connectivity index (χ2v) is 19.8. The van der Waals surface area contributed by atoms with Crippen LogP contribution in [0.25, 0.3) is 0 Å². The Bertz CT molecular complexity index is 1590. The van der Waals surface area contributed by atoms with Crippen LogP contribution >= 0.6 is 0 Å². The van der Waals surface area contributed by atoms with Crippen molar-refractivity contribution in [2.75, 3.05) is 6.61 Å². The first-order chi connectivity index (χ1) is 26.2. The first-order valence-electron chi connectivity index (χ1n) is 20.4. The van der Waals surface area contributed by atoms with Gasteiger partial charge < -0.3 is 54.3 Å². The van der Waals surface area contributed by atoms with Gasteiger partial charge in [0.1, 0.15) is 36.6 Å². The van der Waals surface area contributed by atoms with E-state index in [4.69, 9.17) is 27.9 Å². The molecule has 4 aliphatic carbocycles. The number of allylic oxidation sites excluding steroid dienone is 2. The van der Waals surface area contributed by atoms with E-state index in [1.807, 2.05) is 0 Å². The van der Waals surface area contributed by atoms with E-state index in [0.717, 1.165) is 19.3 Å². The SMILES string of the molecule is CC(C)[C@@H](C)[C@H]1O[C@@H]1[C@H](C)[C@@H]1CC[C@@H]2[C@@H]3C[C@H](OS(=O)(=O)O)[C@H]4C[C@@H](O[C@@H]5O[C@H](C(=O)O)[C@@H](O)[C@H](O)[C@H]5O[C@H]5OC[C@H](O)[C@@H](O)[C@@H]5O)CC[C@]4(C)C3=CC[C@@]21C. The molecule has 7 rings (SSSR count). The summed E-state index contributed by atoms with van der Waals surface area (Å²) < 4.78 is 69.9. The average Bonchev–Trinajstić information content (AvgIpc) is 3.84. The van der Waals surface area contributed by atoms with Crippen LogP contribution in [0.1, 0.15) is 86.5 Å².